The summed E-state index contributed by atoms with van der Waals surface area (Å²) in [5, 5.41) is 13.7. The molecule has 1 fully saturated rings. The van der Waals surface area contributed by atoms with Crippen LogP contribution in [0, 0.1) is 11.2 Å². The zero-order valence-corrected chi connectivity index (χ0v) is 18.0. The molecule has 3 aromatic heterocycles. The second-order valence-electron chi connectivity index (χ2n) is 7.11. The Bertz CT molecular complexity index is 1230. The van der Waals surface area contributed by atoms with Crippen LogP contribution < -0.4 is 9.47 Å². The van der Waals surface area contributed by atoms with E-state index < -0.39 is 0 Å². The van der Waals surface area contributed by atoms with Gasteiger partial charge in [-0.05, 0) is 43.5 Å². The van der Waals surface area contributed by atoms with Crippen molar-refractivity contribution in [2.24, 2.45) is 0 Å². The quantitative estimate of drug-likeness (QED) is 0.425. The zero-order chi connectivity index (χ0) is 21.6. The SMILES string of the molecule is CSC.N#CB1CCC(Oc2ccc3ncnc(Oc4ccc5cnoc5c4)c3n2)C1. The van der Waals surface area contributed by atoms with Crippen LogP contribution in [-0.4, -0.2) is 45.4 Å². The summed E-state index contributed by atoms with van der Waals surface area (Å²) in [6.45, 7) is 0.0543. The standard InChI is InChI=1S/C19H14BN5O3.C2H6S/c21-10-20-6-5-14(8-20)26-17-4-3-15-18(25-17)19(23-11-22-15)27-13-2-1-12-9-24-28-16(12)7-13;1-3-2/h1-4,7,9,11,14H,5-6,8H2;1-2H3. The molecule has 0 N–H and O–H groups in total. The molecule has 156 valence electrons. The van der Waals surface area contributed by atoms with Crippen molar-refractivity contribution in [3.63, 3.8) is 0 Å². The maximum atomic E-state index is 9.06. The molecule has 0 aliphatic carbocycles. The molecule has 1 aromatic carbocycles. The largest absolute Gasteiger partial charge is 0.475 e. The van der Waals surface area contributed by atoms with E-state index in [1.807, 2.05) is 30.7 Å². The van der Waals surface area contributed by atoms with E-state index in [1.165, 1.54) is 6.33 Å². The second kappa shape index (κ2) is 9.66. The highest BCUT2D eigenvalue weighted by Gasteiger charge is 2.29. The van der Waals surface area contributed by atoms with Gasteiger partial charge in [0.05, 0.1) is 17.8 Å². The molecule has 0 saturated carbocycles. The van der Waals surface area contributed by atoms with Crippen LogP contribution in [-0.2, 0) is 0 Å². The molecule has 4 aromatic rings. The van der Waals surface area contributed by atoms with Gasteiger partial charge in [0.15, 0.2) is 11.1 Å². The first kappa shape index (κ1) is 20.9. The van der Waals surface area contributed by atoms with E-state index in [2.05, 4.69) is 26.1 Å². The molecule has 5 rings (SSSR count). The normalized spacial score (nSPS) is 15.4. The maximum Gasteiger partial charge on any atom is 0.271 e. The van der Waals surface area contributed by atoms with Crippen molar-refractivity contribution in [2.75, 3.05) is 12.5 Å². The average molecular weight is 433 g/mol. The molecular weight excluding hydrogens is 413 g/mol. The minimum atomic E-state index is -0.00235. The van der Waals surface area contributed by atoms with Crippen LogP contribution in [0.15, 0.2) is 47.4 Å². The van der Waals surface area contributed by atoms with Crippen LogP contribution in [0.2, 0.25) is 12.6 Å². The molecule has 0 spiro atoms. The van der Waals surface area contributed by atoms with Gasteiger partial charge >= 0.3 is 0 Å². The van der Waals surface area contributed by atoms with Crippen molar-refractivity contribution in [1.29, 1.82) is 5.26 Å². The lowest BCUT2D eigenvalue weighted by Gasteiger charge is -2.13. The fraction of sp³-hybridized carbons (Fsp3) is 0.286. The van der Waals surface area contributed by atoms with Crippen molar-refractivity contribution in [2.45, 2.75) is 25.2 Å². The Hall–Kier alpha value is -3.32. The fourth-order valence-corrected chi connectivity index (χ4v) is 3.39. The van der Waals surface area contributed by atoms with Gasteiger partial charge in [0.2, 0.25) is 11.8 Å². The molecule has 8 nitrogen and oxygen atoms in total. The summed E-state index contributed by atoms with van der Waals surface area (Å²) in [6.07, 6.45) is 9.59. The molecule has 1 unspecified atom stereocenters. The van der Waals surface area contributed by atoms with Gasteiger partial charge in [-0.15, -0.1) is 0 Å². The minimum Gasteiger partial charge on any atom is -0.475 e. The van der Waals surface area contributed by atoms with E-state index in [0.29, 0.717) is 34.1 Å². The topological polar surface area (TPSA) is 107 Å². The van der Waals surface area contributed by atoms with Crippen molar-refractivity contribution >= 4 is 40.5 Å². The Balaban J connectivity index is 0.000000730. The second-order valence-corrected chi connectivity index (χ2v) is 7.93. The summed E-state index contributed by atoms with van der Waals surface area (Å²) < 4.78 is 17.1. The smallest absolute Gasteiger partial charge is 0.271 e. The number of benzene rings is 1. The van der Waals surface area contributed by atoms with Crippen LogP contribution >= 0.6 is 11.8 Å². The number of nitrogens with zero attached hydrogens (tertiary/aromatic N) is 5. The van der Waals surface area contributed by atoms with Gasteiger partial charge in [-0.3, -0.25) is 0 Å². The summed E-state index contributed by atoms with van der Waals surface area (Å²) in [5.74, 6) is 3.67. The monoisotopic (exact) mass is 433 g/mol. The highest BCUT2D eigenvalue weighted by molar-refractivity contribution is 7.97. The number of ether oxygens (including phenoxy) is 2. The molecule has 1 aliphatic rings. The third kappa shape index (κ3) is 4.89. The van der Waals surface area contributed by atoms with Crippen molar-refractivity contribution < 1.29 is 14.0 Å². The van der Waals surface area contributed by atoms with Gasteiger partial charge in [-0.1, -0.05) is 11.5 Å². The molecule has 1 saturated heterocycles. The summed E-state index contributed by atoms with van der Waals surface area (Å²) in [4.78, 5) is 13.0. The van der Waals surface area contributed by atoms with Gasteiger partial charge in [-0.25, -0.2) is 15.2 Å². The van der Waals surface area contributed by atoms with Crippen molar-refractivity contribution in [1.82, 2.24) is 20.1 Å². The van der Waals surface area contributed by atoms with Gasteiger partial charge in [0.25, 0.3) is 6.71 Å². The first-order chi connectivity index (χ1) is 15.2. The number of nitriles is 1. The fourth-order valence-electron chi connectivity index (χ4n) is 3.39. The minimum absolute atomic E-state index is 0.00235. The highest BCUT2D eigenvalue weighted by Crippen LogP contribution is 2.30. The molecule has 1 aliphatic heterocycles. The van der Waals surface area contributed by atoms with E-state index in [9.17, 15) is 0 Å². The number of pyridine rings is 1. The maximum absolute atomic E-state index is 9.06. The molecule has 4 heterocycles. The number of aromatic nitrogens is 4. The van der Waals surface area contributed by atoms with Crippen LogP contribution in [0.4, 0.5) is 0 Å². The Morgan fingerprint density at radius 2 is 2.10 bits per heavy atom. The number of hydrogen-bond acceptors (Lipinski definition) is 9. The first-order valence-electron chi connectivity index (χ1n) is 9.80. The molecule has 31 heavy (non-hydrogen) atoms. The predicted molar refractivity (Wildman–Crippen MR) is 121 cm³/mol. The van der Waals surface area contributed by atoms with Crippen LogP contribution in [0.1, 0.15) is 6.42 Å². The van der Waals surface area contributed by atoms with Gasteiger partial charge in [0, 0.05) is 23.5 Å². The average Bonchev–Trinajstić information content (AvgIpc) is 3.43. The number of thioether (sulfide) groups is 1. The van der Waals surface area contributed by atoms with E-state index >= 15 is 0 Å². The van der Waals surface area contributed by atoms with E-state index in [0.717, 1.165) is 24.4 Å². The lowest BCUT2D eigenvalue weighted by atomic mass is 9.50. The van der Waals surface area contributed by atoms with Crippen molar-refractivity contribution in [3.05, 3.63) is 42.9 Å². The summed E-state index contributed by atoms with van der Waals surface area (Å²) in [7, 11) is 0. The van der Waals surface area contributed by atoms with Gasteiger partial charge in [-0.2, -0.15) is 16.7 Å². The molecule has 0 radical (unpaired) electrons. The van der Waals surface area contributed by atoms with E-state index in [1.54, 1.807) is 30.1 Å². The molecule has 0 amide bonds. The number of fused-ring (bicyclic) bond motifs is 2. The van der Waals surface area contributed by atoms with Crippen LogP contribution in [0.3, 0.4) is 0 Å². The Kier molecular flexibility index (Phi) is 6.53. The zero-order valence-electron chi connectivity index (χ0n) is 17.2. The molecular formula is C21H20BN5O3S. The molecule has 10 heteroatoms. The molecule has 0 bridgehead atoms. The Labute approximate surface area is 184 Å². The summed E-state index contributed by atoms with van der Waals surface area (Å²) >= 11 is 1.75. The van der Waals surface area contributed by atoms with E-state index in [4.69, 9.17) is 19.3 Å². The number of rotatable bonds is 4. The first-order valence-corrected chi connectivity index (χ1v) is 11.4. The molecule has 1 atom stereocenters. The van der Waals surface area contributed by atoms with E-state index in [-0.39, 0.29) is 12.8 Å². The van der Waals surface area contributed by atoms with Gasteiger partial charge in [0.1, 0.15) is 12.1 Å². The third-order valence-electron chi connectivity index (χ3n) is 4.82. The Morgan fingerprint density at radius 1 is 1.23 bits per heavy atom. The number of hydrogen-bond donors (Lipinski definition) is 0. The van der Waals surface area contributed by atoms with Crippen molar-refractivity contribution in [3.8, 4) is 23.5 Å². The third-order valence-corrected chi connectivity index (χ3v) is 4.82. The van der Waals surface area contributed by atoms with Crippen LogP contribution in [0.5, 0.6) is 17.5 Å². The lowest BCUT2D eigenvalue weighted by molar-refractivity contribution is 0.217. The van der Waals surface area contributed by atoms with Crippen LogP contribution in [0.25, 0.3) is 22.0 Å². The predicted octanol–water partition coefficient (Wildman–Crippen LogP) is 4.65. The lowest BCUT2D eigenvalue weighted by Crippen LogP contribution is -2.14. The summed E-state index contributed by atoms with van der Waals surface area (Å²) in [5.41, 5.74) is 1.79. The highest BCUT2D eigenvalue weighted by atomic mass is 32.2. The summed E-state index contributed by atoms with van der Waals surface area (Å²) in [6, 6.07) is 9.02. The Morgan fingerprint density at radius 3 is 2.90 bits per heavy atom. The van der Waals surface area contributed by atoms with Gasteiger partial charge < -0.3 is 14.0 Å².